The van der Waals surface area contributed by atoms with Crippen LogP contribution in [0, 0.1) is 20.8 Å². The molecule has 0 spiro atoms. The van der Waals surface area contributed by atoms with Crippen molar-refractivity contribution in [1.29, 1.82) is 0 Å². The van der Waals surface area contributed by atoms with Crippen molar-refractivity contribution >= 4 is 15.9 Å². The third kappa shape index (κ3) is 3.05. The summed E-state index contributed by atoms with van der Waals surface area (Å²) in [5.74, 6) is 0.970. The Labute approximate surface area is 129 Å². The summed E-state index contributed by atoms with van der Waals surface area (Å²) >= 11 is 3.58. The zero-order valence-corrected chi connectivity index (χ0v) is 13.8. The third-order valence-electron chi connectivity index (χ3n) is 3.67. The Morgan fingerprint density at radius 1 is 1.05 bits per heavy atom. The highest BCUT2D eigenvalue weighted by molar-refractivity contribution is 9.10. The largest absolute Gasteiger partial charge is 0.488 e. The normalized spacial score (nSPS) is 10.7. The molecular formula is C17H20BrNO. The van der Waals surface area contributed by atoms with Gasteiger partial charge < -0.3 is 10.5 Å². The van der Waals surface area contributed by atoms with E-state index >= 15 is 0 Å². The molecule has 0 bridgehead atoms. The van der Waals surface area contributed by atoms with Crippen LogP contribution in [0.3, 0.4) is 0 Å². The summed E-state index contributed by atoms with van der Waals surface area (Å²) in [4.78, 5) is 0. The van der Waals surface area contributed by atoms with Gasteiger partial charge in [-0.25, -0.2) is 0 Å². The molecule has 0 amide bonds. The van der Waals surface area contributed by atoms with Gasteiger partial charge in [-0.2, -0.15) is 0 Å². The van der Waals surface area contributed by atoms with E-state index in [9.17, 15) is 0 Å². The number of halogens is 1. The van der Waals surface area contributed by atoms with Crippen molar-refractivity contribution in [3.8, 4) is 5.75 Å². The van der Waals surface area contributed by atoms with Crippen molar-refractivity contribution in [2.24, 2.45) is 5.73 Å². The van der Waals surface area contributed by atoms with E-state index in [0.717, 1.165) is 26.9 Å². The number of hydrogen-bond acceptors (Lipinski definition) is 2. The Morgan fingerprint density at radius 3 is 2.35 bits per heavy atom. The van der Waals surface area contributed by atoms with Gasteiger partial charge in [-0.3, -0.25) is 0 Å². The van der Waals surface area contributed by atoms with Crippen LogP contribution in [0.4, 0.5) is 0 Å². The van der Waals surface area contributed by atoms with E-state index in [1.54, 1.807) is 0 Å². The highest BCUT2D eigenvalue weighted by Crippen LogP contribution is 2.32. The van der Waals surface area contributed by atoms with E-state index in [-0.39, 0.29) is 0 Å². The second-order valence-electron chi connectivity index (χ2n) is 5.02. The van der Waals surface area contributed by atoms with Gasteiger partial charge in [0.05, 0.1) is 0 Å². The average Bonchev–Trinajstić information content (AvgIpc) is 2.45. The molecule has 0 aliphatic heterocycles. The predicted molar refractivity (Wildman–Crippen MR) is 87.0 cm³/mol. The van der Waals surface area contributed by atoms with E-state index < -0.39 is 0 Å². The van der Waals surface area contributed by atoms with Crippen molar-refractivity contribution in [1.82, 2.24) is 0 Å². The van der Waals surface area contributed by atoms with Crippen LogP contribution in [0.5, 0.6) is 5.75 Å². The number of benzene rings is 2. The molecule has 2 nitrogen and oxygen atoms in total. The first kappa shape index (κ1) is 15.1. The van der Waals surface area contributed by atoms with Crippen LogP contribution in [0.25, 0.3) is 0 Å². The maximum absolute atomic E-state index is 6.06. The molecule has 0 aromatic heterocycles. The smallest absolute Gasteiger partial charge is 0.125 e. The van der Waals surface area contributed by atoms with Crippen LogP contribution in [0.15, 0.2) is 34.8 Å². The Bertz CT molecular complexity index is 623. The first-order valence-corrected chi connectivity index (χ1v) is 7.49. The van der Waals surface area contributed by atoms with Gasteiger partial charge in [0.2, 0.25) is 0 Å². The molecule has 3 heteroatoms. The molecule has 0 aliphatic rings. The lowest BCUT2D eigenvalue weighted by atomic mass is 10.0. The first-order chi connectivity index (χ1) is 9.54. The first-order valence-electron chi connectivity index (χ1n) is 6.70. The van der Waals surface area contributed by atoms with Crippen LogP contribution in [-0.2, 0) is 13.2 Å². The molecule has 0 atom stereocenters. The molecule has 0 radical (unpaired) electrons. The Kier molecular flexibility index (Phi) is 4.84. The molecule has 2 aromatic rings. The molecule has 20 heavy (non-hydrogen) atoms. The molecule has 0 unspecified atom stereocenters. The second kappa shape index (κ2) is 6.42. The van der Waals surface area contributed by atoms with Gasteiger partial charge >= 0.3 is 0 Å². The minimum Gasteiger partial charge on any atom is -0.488 e. The summed E-state index contributed by atoms with van der Waals surface area (Å²) in [5, 5.41) is 0. The SMILES string of the molecule is Cc1cc(Br)c(C)c(C)c1OCc1ccccc1CN. The van der Waals surface area contributed by atoms with Crippen LogP contribution in [0.2, 0.25) is 0 Å². The van der Waals surface area contributed by atoms with Gasteiger partial charge in [-0.1, -0.05) is 40.2 Å². The fraction of sp³-hybridized carbons (Fsp3) is 0.294. The summed E-state index contributed by atoms with van der Waals surface area (Å²) in [6, 6.07) is 10.2. The van der Waals surface area contributed by atoms with Crippen LogP contribution >= 0.6 is 15.9 Å². The van der Waals surface area contributed by atoms with Gasteiger partial charge in [0.15, 0.2) is 0 Å². The lowest BCUT2D eigenvalue weighted by Crippen LogP contribution is -2.06. The van der Waals surface area contributed by atoms with Gasteiger partial charge in [-0.05, 0) is 54.7 Å². The van der Waals surface area contributed by atoms with Crippen molar-refractivity contribution in [3.63, 3.8) is 0 Å². The fourth-order valence-electron chi connectivity index (χ4n) is 2.28. The van der Waals surface area contributed by atoms with Gasteiger partial charge in [0.1, 0.15) is 12.4 Å². The number of ether oxygens (including phenoxy) is 1. The summed E-state index contributed by atoms with van der Waals surface area (Å²) in [5.41, 5.74) is 11.6. The molecular weight excluding hydrogens is 314 g/mol. The highest BCUT2D eigenvalue weighted by atomic mass is 79.9. The molecule has 106 valence electrons. The van der Waals surface area contributed by atoms with Crippen molar-refractivity contribution < 1.29 is 4.74 Å². The van der Waals surface area contributed by atoms with Crippen molar-refractivity contribution in [2.75, 3.05) is 0 Å². The molecule has 2 N–H and O–H groups in total. The average molecular weight is 334 g/mol. The van der Waals surface area contributed by atoms with Crippen molar-refractivity contribution in [3.05, 3.63) is 62.6 Å². The standard InChI is InChI=1S/C17H20BrNO/c1-11-8-16(18)12(2)13(3)17(11)20-10-15-7-5-4-6-14(15)9-19/h4-8H,9-10,19H2,1-3H3. The van der Waals surface area contributed by atoms with Gasteiger partial charge in [0, 0.05) is 11.0 Å². The molecule has 0 aliphatic carbocycles. The molecule has 0 heterocycles. The Balaban J connectivity index is 2.26. The van der Waals surface area contributed by atoms with E-state index in [0.29, 0.717) is 13.2 Å². The molecule has 0 fully saturated rings. The van der Waals surface area contributed by atoms with Crippen LogP contribution < -0.4 is 10.5 Å². The fourth-order valence-corrected chi connectivity index (χ4v) is 2.92. The highest BCUT2D eigenvalue weighted by Gasteiger charge is 2.11. The van der Waals surface area contributed by atoms with E-state index in [1.165, 1.54) is 11.1 Å². The zero-order valence-electron chi connectivity index (χ0n) is 12.2. The maximum atomic E-state index is 6.06. The number of aryl methyl sites for hydroxylation is 1. The topological polar surface area (TPSA) is 35.2 Å². The summed E-state index contributed by atoms with van der Waals surface area (Å²) in [6.45, 7) is 7.35. The van der Waals surface area contributed by atoms with E-state index in [4.69, 9.17) is 10.5 Å². The Morgan fingerprint density at radius 2 is 1.70 bits per heavy atom. The monoisotopic (exact) mass is 333 g/mol. The minimum absolute atomic E-state index is 0.539. The molecule has 2 aromatic carbocycles. The van der Waals surface area contributed by atoms with Crippen LogP contribution in [0.1, 0.15) is 27.8 Å². The number of nitrogens with two attached hydrogens (primary N) is 1. The van der Waals surface area contributed by atoms with E-state index in [1.807, 2.05) is 18.2 Å². The minimum atomic E-state index is 0.539. The Hall–Kier alpha value is -1.32. The van der Waals surface area contributed by atoms with E-state index in [2.05, 4.69) is 48.8 Å². The second-order valence-corrected chi connectivity index (χ2v) is 5.87. The van der Waals surface area contributed by atoms with Crippen molar-refractivity contribution in [2.45, 2.75) is 33.9 Å². The van der Waals surface area contributed by atoms with Crippen LogP contribution in [-0.4, -0.2) is 0 Å². The number of hydrogen-bond donors (Lipinski definition) is 1. The maximum Gasteiger partial charge on any atom is 0.125 e. The molecule has 0 saturated heterocycles. The quantitative estimate of drug-likeness (QED) is 0.899. The van der Waals surface area contributed by atoms with Gasteiger partial charge in [-0.15, -0.1) is 0 Å². The lowest BCUT2D eigenvalue weighted by molar-refractivity contribution is 0.300. The molecule has 2 rings (SSSR count). The zero-order chi connectivity index (χ0) is 14.7. The summed E-state index contributed by atoms with van der Waals surface area (Å²) < 4.78 is 7.18. The predicted octanol–water partition coefficient (Wildman–Crippen LogP) is 4.41. The van der Waals surface area contributed by atoms with Gasteiger partial charge in [0.25, 0.3) is 0 Å². The summed E-state index contributed by atoms with van der Waals surface area (Å²) in [7, 11) is 0. The third-order valence-corrected chi connectivity index (χ3v) is 4.50. The molecule has 0 saturated carbocycles. The summed E-state index contributed by atoms with van der Waals surface area (Å²) in [6.07, 6.45) is 0. The lowest BCUT2D eigenvalue weighted by Gasteiger charge is -2.16. The number of rotatable bonds is 4.